The zero-order valence-corrected chi connectivity index (χ0v) is 11.4. The maximum atomic E-state index is 12.0. The molecule has 21 heavy (non-hydrogen) atoms. The molecular formula is C14H15N5O2. The Morgan fingerprint density at radius 3 is 2.81 bits per heavy atom. The normalized spacial score (nSPS) is 11.2. The molecule has 2 heterocycles. The van der Waals surface area contributed by atoms with E-state index >= 15 is 0 Å². The van der Waals surface area contributed by atoms with E-state index in [2.05, 4.69) is 20.4 Å². The number of rotatable bonds is 4. The van der Waals surface area contributed by atoms with E-state index in [1.807, 2.05) is 19.1 Å². The first-order chi connectivity index (χ1) is 10.1. The van der Waals surface area contributed by atoms with Gasteiger partial charge in [0.25, 0.3) is 5.91 Å². The Balaban J connectivity index is 2.02. The maximum absolute atomic E-state index is 12.0. The molecule has 108 valence electrons. The molecule has 0 saturated carbocycles. The van der Waals surface area contributed by atoms with Crippen LogP contribution in [0.3, 0.4) is 0 Å². The van der Waals surface area contributed by atoms with E-state index in [9.17, 15) is 4.79 Å². The predicted molar refractivity (Wildman–Crippen MR) is 76.9 cm³/mol. The van der Waals surface area contributed by atoms with Crippen LogP contribution in [0.4, 0.5) is 0 Å². The third kappa shape index (κ3) is 3.53. The number of pyridine rings is 2. The van der Waals surface area contributed by atoms with Gasteiger partial charge in [0.05, 0.1) is 12.2 Å². The second-order valence-corrected chi connectivity index (χ2v) is 4.37. The average molecular weight is 285 g/mol. The smallest absolute Gasteiger partial charge is 0.270 e. The van der Waals surface area contributed by atoms with Gasteiger partial charge in [0.1, 0.15) is 5.69 Å². The number of carbonyl (C=O) groups is 1. The van der Waals surface area contributed by atoms with Crippen molar-refractivity contribution in [3.63, 3.8) is 0 Å². The van der Waals surface area contributed by atoms with Gasteiger partial charge in [-0.15, -0.1) is 0 Å². The number of nitrogens with two attached hydrogens (primary N) is 1. The lowest BCUT2D eigenvalue weighted by atomic mass is 10.2. The van der Waals surface area contributed by atoms with E-state index in [1.165, 1.54) is 12.3 Å². The molecule has 0 atom stereocenters. The van der Waals surface area contributed by atoms with Crippen LogP contribution in [0.2, 0.25) is 0 Å². The predicted octanol–water partition coefficient (Wildman–Crippen LogP) is 0.810. The van der Waals surface area contributed by atoms with Gasteiger partial charge in [0.2, 0.25) is 0 Å². The SMILES string of the molecule is Cc1cccnc1CNC(=O)c1ccc(C(N)=NO)cn1. The second-order valence-electron chi connectivity index (χ2n) is 4.37. The van der Waals surface area contributed by atoms with Crippen molar-refractivity contribution < 1.29 is 10.0 Å². The fourth-order valence-corrected chi connectivity index (χ4v) is 1.70. The van der Waals surface area contributed by atoms with Gasteiger partial charge < -0.3 is 16.3 Å². The van der Waals surface area contributed by atoms with E-state index < -0.39 is 0 Å². The summed E-state index contributed by atoms with van der Waals surface area (Å²) in [4.78, 5) is 20.1. The van der Waals surface area contributed by atoms with E-state index in [4.69, 9.17) is 10.9 Å². The zero-order chi connectivity index (χ0) is 15.2. The van der Waals surface area contributed by atoms with Crippen molar-refractivity contribution in [3.8, 4) is 0 Å². The van der Waals surface area contributed by atoms with Crippen molar-refractivity contribution in [1.82, 2.24) is 15.3 Å². The van der Waals surface area contributed by atoms with Gasteiger partial charge in [0.15, 0.2) is 5.84 Å². The second kappa shape index (κ2) is 6.47. The first kappa shape index (κ1) is 14.4. The fraction of sp³-hybridized carbons (Fsp3) is 0.143. The molecule has 0 aliphatic carbocycles. The third-order valence-corrected chi connectivity index (χ3v) is 2.93. The van der Waals surface area contributed by atoms with Crippen molar-refractivity contribution >= 4 is 11.7 Å². The highest BCUT2D eigenvalue weighted by molar-refractivity contribution is 5.98. The van der Waals surface area contributed by atoms with Crippen molar-refractivity contribution in [2.24, 2.45) is 10.9 Å². The number of nitrogens with zero attached hydrogens (tertiary/aromatic N) is 3. The number of aromatic nitrogens is 2. The third-order valence-electron chi connectivity index (χ3n) is 2.93. The Hall–Kier alpha value is -2.96. The number of hydrogen-bond donors (Lipinski definition) is 3. The Labute approximate surface area is 121 Å². The quantitative estimate of drug-likeness (QED) is 0.333. The molecule has 1 amide bonds. The monoisotopic (exact) mass is 285 g/mol. The largest absolute Gasteiger partial charge is 0.409 e. The van der Waals surface area contributed by atoms with Gasteiger partial charge >= 0.3 is 0 Å². The summed E-state index contributed by atoms with van der Waals surface area (Å²) >= 11 is 0. The number of amidine groups is 1. The number of hydrogen-bond acceptors (Lipinski definition) is 5. The van der Waals surface area contributed by atoms with Gasteiger partial charge in [-0.3, -0.25) is 14.8 Å². The van der Waals surface area contributed by atoms with E-state index in [1.54, 1.807) is 12.3 Å². The van der Waals surface area contributed by atoms with Crippen molar-refractivity contribution in [2.75, 3.05) is 0 Å². The zero-order valence-electron chi connectivity index (χ0n) is 11.4. The van der Waals surface area contributed by atoms with Crippen LogP contribution in [-0.2, 0) is 6.54 Å². The number of nitrogens with one attached hydrogen (secondary N) is 1. The van der Waals surface area contributed by atoms with E-state index in [-0.39, 0.29) is 17.4 Å². The Morgan fingerprint density at radius 1 is 1.38 bits per heavy atom. The molecule has 0 unspecified atom stereocenters. The summed E-state index contributed by atoms with van der Waals surface area (Å²) in [5.74, 6) is -0.371. The molecule has 2 rings (SSSR count). The highest BCUT2D eigenvalue weighted by atomic mass is 16.4. The minimum absolute atomic E-state index is 0.0569. The summed E-state index contributed by atoms with van der Waals surface area (Å²) in [5.41, 5.74) is 7.92. The summed E-state index contributed by atoms with van der Waals surface area (Å²) in [6, 6.07) is 6.84. The topological polar surface area (TPSA) is 113 Å². The van der Waals surface area contributed by atoms with Gasteiger partial charge in [-0.2, -0.15) is 0 Å². The molecule has 7 heteroatoms. The number of oxime groups is 1. The number of aryl methyl sites for hydroxylation is 1. The lowest BCUT2D eigenvalue weighted by Gasteiger charge is -2.07. The van der Waals surface area contributed by atoms with Crippen LogP contribution in [0.5, 0.6) is 0 Å². The fourth-order valence-electron chi connectivity index (χ4n) is 1.70. The van der Waals surface area contributed by atoms with Gasteiger partial charge in [-0.1, -0.05) is 11.2 Å². The molecule has 2 aromatic rings. The van der Waals surface area contributed by atoms with Crippen LogP contribution in [0.25, 0.3) is 0 Å². The lowest BCUT2D eigenvalue weighted by molar-refractivity contribution is 0.0945. The minimum Gasteiger partial charge on any atom is -0.409 e. The van der Waals surface area contributed by atoms with Crippen LogP contribution in [0.1, 0.15) is 27.3 Å². The summed E-state index contributed by atoms with van der Waals surface area (Å²) in [6.07, 6.45) is 3.05. The molecule has 0 saturated heterocycles. The average Bonchev–Trinajstić information content (AvgIpc) is 2.53. The molecule has 4 N–H and O–H groups in total. The summed E-state index contributed by atoms with van der Waals surface area (Å²) in [7, 11) is 0. The molecule has 0 radical (unpaired) electrons. The first-order valence-corrected chi connectivity index (χ1v) is 6.24. The van der Waals surface area contributed by atoms with Gasteiger partial charge in [-0.05, 0) is 30.7 Å². The van der Waals surface area contributed by atoms with Crippen molar-refractivity contribution in [3.05, 3.63) is 59.2 Å². The molecular weight excluding hydrogens is 270 g/mol. The molecule has 7 nitrogen and oxygen atoms in total. The van der Waals surface area contributed by atoms with Crippen LogP contribution < -0.4 is 11.1 Å². The standard InChI is InChI=1S/C14H15N5O2/c1-9-3-2-6-16-12(9)8-18-14(20)11-5-4-10(7-17-11)13(15)19-21/h2-7,21H,8H2,1H3,(H2,15,19)(H,18,20). The van der Waals surface area contributed by atoms with Crippen LogP contribution in [0, 0.1) is 6.92 Å². The lowest BCUT2D eigenvalue weighted by Crippen LogP contribution is -2.25. The summed E-state index contributed by atoms with van der Waals surface area (Å²) < 4.78 is 0. The van der Waals surface area contributed by atoms with Crippen LogP contribution >= 0.6 is 0 Å². The molecule has 0 aromatic carbocycles. The highest BCUT2D eigenvalue weighted by Crippen LogP contribution is 2.04. The number of carbonyl (C=O) groups excluding carboxylic acids is 1. The van der Waals surface area contributed by atoms with E-state index in [0.717, 1.165) is 11.3 Å². The molecule has 0 fully saturated rings. The Morgan fingerprint density at radius 2 is 2.19 bits per heavy atom. The van der Waals surface area contributed by atoms with Gasteiger partial charge in [0, 0.05) is 18.0 Å². The molecule has 0 aliphatic heterocycles. The number of amides is 1. The highest BCUT2D eigenvalue weighted by Gasteiger charge is 2.09. The molecule has 0 bridgehead atoms. The maximum Gasteiger partial charge on any atom is 0.270 e. The Kier molecular flexibility index (Phi) is 4.45. The first-order valence-electron chi connectivity index (χ1n) is 6.24. The summed E-state index contributed by atoms with van der Waals surface area (Å²) in [6.45, 7) is 2.26. The van der Waals surface area contributed by atoms with Crippen molar-refractivity contribution in [1.29, 1.82) is 0 Å². The molecule has 2 aromatic heterocycles. The van der Waals surface area contributed by atoms with Crippen LogP contribution in [0.15, 0.2) is 41.8 Å². The van der Waals surface area contributed by atoms with Crippen LogP contribution in [-0.4, -0.2) is 26.9 Å². The minimum atomic E-state index is -0.314. The summed E-state index contributed by atoms with van der Waals surface area (Å²) in [5, 5.41) is 14.2. The van der Waals surface area contributed by atoms with E-state index in [0.29, 0.717) is 12.1 Å². The molecule has 0 spiro atoms. The van der Waals surface area contributed by atoms with Gasteiger partial charge in [-0.25, -0.2) is 0 Å². The Bertz CT molecular complexity index is 667. The van der Waals surface area contributed by atoms with Crippen molar-refractivity contribution in [2.45, 2.75) is 13.5 Å². The molecule has 0 aliphatic rings.